The van der Waals surface area contributed by atoms with E-state index < -0.39 is 6.43 Å². The molecule has 1 fully saturated rings. The maximum absolute atomic E-state index is 12.8. The first-order chi connectivity index (χ1) is 10.7. The fraction of sp³-hybridized carbons (Fsp3) is 0.389. The van der Waals surface area contributed by atoms with Crippen LogP contribution in [0.4, 0.5) is 8.78 Å². The van der Waals surface area contributed by atoms with Gasteiger partial charge in [0.25, 0.3) is 6.43 Å². The Labute approximate surface area is 129 Å². The van der Waals surface area contributed by atoms with E-state index in [1.807, 2.05) is 12.1 Å². The highest BCUT2D eigenvalue weighted by Crippen LogP contribution is 2.25. The van der Waals surface area contributed by atoms with Crippen molar-refractivity contribution in [2.45, 2.75) is 38.2 Å². The number of alkyl halides is 2. The third-order valence-corrected chi connectivity index (χ3v) is 4.17. The molecule has 0 radical (unpaired) electrons. The zero-order valence-corrected chi connectivity index (χ0v) is 12.4. The SMILES string of the molecule is FC(F)c1cncc(-c2cccc(CC3CCCCN3)c2)c1. The fourth-order valence-corrected chi connectivity index (χ4v) is 3.00. The van der Waals surface area contributed by atoms with Gasteiger partial charge in [-0.2, -0.15) is 0 Å². The predicted molar refractivity (Wildman–Crippen MR) is 84.0 cm³/mol. The Hall–Kier alpha value is -1.81. The van der Waals surface area contributed by atoms with E-state index in [1.165, 1.54) is 37.1 Å². The van der Waals surface area contributed by atoms with Gasteiger partial charge in [0.05, 0.1) is 0 Å². The highest BCUT2D eigenvalue weighted by Gasteiger charge is 2.14. The summed E-state index contributed by atoms with van der Waals surface area (Å²) in [6, 6.07) is 10.2. The van der Waals surface area contributed by atoms with Crippen molar-refractivity contribution in [1.82, 2.24) is 10.3 Å². The molecule has 1 unspecified atom stereocenters. The lowest BCUT2D eigenvalue weighted by Crippen LogP contribution is -2.35. The molecule has 1 aromatic carbocycles. The van der Waals surface area contributed by atoms with Crippen molar-refractivity contribution in [2.24, 2.45) is 0 Å². The number of hydrogen-bond donors (Lipinski definition) is 1. The standard InChI is InChI=1S/C18H20F2N2/c19-18(20)16-10-15(11-21-12-16)14-5-3-4-13(8-14)9-17-6-1-2-7-22-17/h3-5,8,10-12,17-18,22H,1-2,6-7,9H2. The average Bonchev–Trinajstić information content (AvgIpc) is 2.56. The number of halogens is 2. The molecule has 2 aromatic rings. The third kappa shape index (κ3) is 3.69. The lowest BCUT2D eigenvalue weighted by molar-refractivity contribution is 0.151. The first-order valence-corrected chi connectivity index (χ1v) is 7.78. The summed E-state index contributed by atoms with van der Waals surface area (Å²) < 4.78 is 25.6. The summed E-state index contributed by atoms with van der Waals surface area (Å²) in [6.45, 7) is 1.09. The molecule has 0 saturated carbocycles. The van der Waals surface area contributed by atoms with Crippen molar-refractivity contribution in [1.29, 1.82) is 0 Å². The van der Waals surface area contributed by atoms with Gasteiger partial charge < -0.3 is 5.32 Å². The van der Waals surface area contributed by atoms with Crippen molar-refractivity contribution in [2.75, 3.05) is 6.54 Å². The molecule has 22 heavy (non-hydrogen) atoms. The minimum absolute atomic E-state index is 0.0307. The first kappa shape index (κ1) is 15.1. The van der Waals surface area contributed by atoms with E-state index in [1.54, 1.807) is 6.20 Å². The van der Waals surface area contributed by atoms with Crippen molar-refractivity contribution in [3.05, 3.63) is 53.9 Å². The minimum atomic E-state index is -2.48. The Bertz CT molecular complexity index is 622. The van der Waals surface area contributed by atoms with E-state index in [2.05, 4.69) is 22.4 Å². The molecule has 1 aliphatic rings. The number of benzene rings is 1. The van der Waals surface area contributed by atoms with E-state index in [0.717, 1.165) is 24.1 Å². The van der Waals surface area contributed by atoms with Gasteiger partial charge in [-0.25, -0.2) is 8.78 Å². The normalized spacial score (nSPS) is 18.6. The second-order valence-electron chi connectivity index (χ2n) is 5.86. The van der Waals surface area contributed by atoms with Crippen LogP contribution in [0, 0.1) is 0 Å². The van der Waals surface area contributed by atoms with Crippen LogP contribution < -0.4 is 5.32 Å². The molecule has 2 nitrogen and oxygen atoms in total. The summed E-state index contributed by atoms with van der Waals surface area (Å²) in [5.74, 6) is 0. The van der Waals surface area contributed by atoms with Crippen LogP contribution >= 0.6 is 0 Å². The van der Waals surface area contributed by atoms with Gasteiger partial charge >= 0.3 is 0 Å². The van der Waals surface area contributed by atoms with Gasteiger partial charge in [-0.3, -0.25) is 4.98 Å². The number of aromatic nitrogens is 1. The summed E-state index contributed by atoms with van der Waals surface area (Å²) in [5, 5.41) is 3.54. The predicted octanol–water partition coefficient (Wildman–Crippen LogP) is 4.37. The monoisotopic (exact) mass is 302 g/mol. The molecule has 4 heteroatoms. The van der Waals surface area contributed by atoms with E-state index in [-0.39, 0.29) is 5.56 Å². The highest BCUT2D eigenvalue weighted by molar-refractivity contribution is 5.64. The zero-order valence-electron chi connectivity index (χ0n) is 12.4. The van der Waals surface area contributed by atoms with Crippen LogP contribution in [0.2, 0.25) is 0 Å². The van der Waals surface area contributed by atoms with Crippen LogP contribution in [0.5, 0.6) is 0 Å². The maximum Gasteiger partial charge on any atom is 0.265 e. The maximum atomic E-state index is 12.8. The second-order valence-corrected chi connectivity index (χ2v) is 5.86. The number of hydrogen-bond acceptors (Lipinski definition) is 2. The van der Waals surface area contributed by atoms with E-state index in [0.29, 0.717) is 6.04 Å². The zero-order chi connectivity index (χ0) is 15.4. The van der Waals surface area contributed by atoms with Gasteiger partial charge in [0.15, 0.2) is 0 Å². The molecule has 1 aromatic heterocycles. The van der Waals surface area contributed by atoms with E-state index in [4.69, 9.17) is 0 Å². The van der Waals surface area contributed by atoms with Crippen LogP contribution in [-0.4, -0.2) is 17.6 Å². The third-order valence-electron chi connectivity index (χ3n) is 4.17. The highest BCUT2D eigenvalue weighted by atomic mass is 19.3. The smallest absolute Gasteiger partial charge is 0.265 e. The van der Waals surface area contributed by atoms with Crippen molar-refractivity contribution in [3.8, 4) is 11.1 Å². The topological polar surface area (TPSA) is 24.9 Å². The van der Waals surface area contributed by atoms with Crippen molar-refractivity contribution in [3.63, 3.8) is 0 Å². The second kappa shape index (κ2) is 6.97. The molecule has 1 aliphatic heterocycles. The molecule has 116 valence electrons. The molecule has 0 spiro atoms. The summed E-state index contributed by atoms with van der Waals surface area (Å²) in [4.78, 5) is 3.94. The summed E-state index contributed by atoms with van der Waals surface area (Å²) in [6.07, 6.45) is 5.10. The molecular weight excluding hydrogens is 282 g/mol. The molecular formula is C18H20F2N2. The Morgan fingerprint density at radius 1 is 1.14 bits per heavy atom. The molecule has 1 N–H and O–H groups in total. The Morgan fingerprint density at radius 3 is 2.82 bits per heavy atom. The number of nitrogens with zero attached hydrogens (tertiary/aromatic N) is 1. The van der Waals surface area contributed by atoms with E-state index >= 15 is 0 Å². The summed E-state index contributed by atoms with van der Waals surface area (Å²) in [5.41, 5.74) is 2.90. The first-order valence-electron chi connectivity index (χ1n) is 7.78. The minimum Gasteiger partial charge on any atom is -0.314 e. The molecule has 0 amide bonds. The summed E-state index contributed by atoms with van der Waals surface area (Å²) in [7, 11) is 0. The molecule has 0 bridgehead atoms. The Balaban J connectivity index is 1.79. The Kier molecular flexibility index (Phi) is 4.78. The van der Waals surface area contributed by atoms with Gasteiger partial charge in [0, 0.05) is 29.6 Å². The van der Waals surface area contributed by atoms with Crippen molar-refractivity contribution >= 4 is 0 Å². The van der Waals surface area contributed by atoms with Gasteiger partial charge in [-0.1, -0.05) is 30.7 Å². The van der Waals surface area contributed by atoms with Gasteiger partial charge in [-0.05, 0) is 43.0 Å². The number of rotatable bonds is 4. The van der Waals surface area contributed by atoms with Crippen LogP contribution in [0.25, 0.3) is 11.1 Å². The molecule has 3 rings (SSSR count). The number of piperidine rings is 1. The lowest BCUT2D eigenvalue weighted by Gasteiger charge is -2.23. The van der Waals surface area contributed by atoms with Crippen LogP contribution in [0.1, 0.15) is 36.8 Å². The van der Waals surface area contributed by atoms with Crippen LogP contribution in [0.3, 0.4) is 0 Å². The quantitative estimate of drug-likeness (QED) is 0.907. The molecule has 0 aliphatic carbocycles. The molecule has 1 saturated heterocycles. The lowest BCUT2D eigenvalue weighted by atomic mass is 9.95. The van der Waals surface area contributed by atoms with Gasteiger partial charge in [0.1, 0.15) is 0 Å². The van der Waals surface area contributed by atoms with Gasteiger partial charge in [-0.15, -0.1) is 0 Å². The van der Waals surface area contributed by atoms with Crippen molar-refractivity contribution < 1.29 is 8.78 Å². The summed E-state index contributed by atoms with van der Waals surface area (Å²) >= 11 is 0. The van der Waals surface area contributed by atoms with E-state index in [9.17, 15) is 8.78 Å². The average molecular weight is 302 g/mol. The van der Waals surface area contributed by atoms with Crippen LogP contribution in [0.15, 0.2) is 42.7 Å². The molecule has 2 heterocycles. The Morgan fingerprint density at radius 2 is 2.05 bits per heavy atom. The molecule has 1 atom stereocenters. The fourth-order valence-electron chi connectivity index (χ4n) is 3.00. The number of pyridine rings is 1. The number of nitrogens with one attached hydrogen (secondary N) is 1. The van der Waals surface area contributed by atoms with Crippen LogP contribution in [-0.2, 0) is 6.42 Å². The van der Waals surface area contributed by atoms with Gasteiger partial charge in [0.2, 0.25) is 0 Å². The largest absolute Gasteiger partial charge is 0.314 e.